The van der Waals surface area contributed by atoms with Crippen LogP contribution in [-0.4, -0.2) is 50.0 Å². The monoisotopic (exact) mass is 401 g/mol. The second-order valence-electron chi connectivity index (χ2n) is 7.22. The van der Waals surface area contributed by atoms with Crippen molar-refractivity contribution < 1.29 is 22.7 Å². The summed E-state index contributed by atoms with van der Waals surface area (Å²) in [6.07, 6.45) is 0.683. The number of hydrogen-bond donors (Lipinski definition) is 0. The molecule has 7 heteroatoms. The number of carbonyl (C=O) groups excluding carboxylic acids is 1. The van der Waals surface area contributed by atoms with Crippen LogP contribution >= 0.6 is 0 Å². The lowest BCUT2D eigenvalue weighted by Crippen LogP contribution is -2.41. The first-order valence-corrected chi connectivity index (χ1v) is 11.2. The number of amides is 1. The van der Waals surface area contributed by atoms with Crippen LogP contribution in [0.25, 0.3) is 0 Å². The van der Waals surface area contributed by atoms with Gasteiger partial charge in [-0.15, -0.1) is 0 Å². The van der Waals surface area contributed by atoms with Crippen LogP contribution < -0.4 is 9.47 Å². The van der Waals surface area contributed by atoms with Crippen molar-refractivity contribution >= 4 is 15.7 Å². The number of ether oxygens (including phenoxy) is 2. The van der Waals surface area contributed by atoms with E-state index in [1.165, 1.54) is 0 Å². The minimum Gasteiger partial charge on any atom is -0.486 e. The van der Waals surface area contributed by atoms with E-state index >= 15 is 0 Å². The van der Waals surface area contributed by atoms with Gasteiger partial charge in [-0.1, -0.05) is 36.4 Å². The van der Waals surface area contributed by atoms with Gasteiger partial charge in [0, 0.05) is 12.6 Å². The molecule has 1 atom stereocenters. The topological polar surface area (TPSA) is 72.9 Å². The van der Waals surface area contributed by atoms with Crippen LogP contribution in [0.5, 0.6) is 11.5 Å². The van der Waals surface area contributed by atoms with E-state index < -0.39 is 9.84 Å². The molecule has 2 aromatic carbocycles. The summed E-state index contributed by atoms with van der Waals surface area (Å²) in [5, 5.41) is 0. The van der Waals surface area contributed by atoms with Crippen LogP contribution in [0, 0.1) is 0 Å². The maximum absolute atomic E-state index is 13.1. The van der Waals surface area contributed by atoms with Crippen LogP contribution in [-0.2, 0) is 27.6 Å². The molecule has 0 N–H and O–H groups in total. The van der Waals surface area contributed by atoms with Gasteiger partial charge in [-0.2, -0.15) is 0 Å². The van der Waals surface area contributed by atoms with Crippen molar-refractivity contribution in [2.75, 3.05) is 24.7 Å². The molecular formula is C21H23NO5S. The van der Waals surface area contributed by atoms with Gasteiger partial charge in [0.15, 0.2) is 21.3 Å². The molecule has 0 aliphatic carbocycles. The van der Waals surface area contributed by atoms with E-state index in [0.29, 0.717) is 37.7 Å². The summed E-state index contributed by atoms with van der Waals surface area (Å²) in [6.45, 7) is 1.42. The Labute approximate surface area is 165 Å². The minimum absolute atomic E-state index is 0.0344. The fourth-order valence-corrected chi connectivity index (χ4v) is 5.43. The Hall–Kier alpha value is -2.54. The largest absolute Gasteiger partial charge is 0.486 e. The molecule has 148 valence electrons. The lowest BCUT2D eigenvalue weighted by molar-refractivity contribution is -0.133. The average Bonchev–Trinajstić information content (AvgIpc) is 3.06. The zero-order valence-corrected chi connectivity index (χ0v) is 16.4. The lowest BCUT2D eigenvalue weighted by atomic mass is 10.1. The highest BCUT2D eigenvalue weighted by atomic mass is 32.2. The molecule has 2 aromatic rings. The molecule has 0 bridgehead atoms. The third kappa shape index (κ3) is 4.30. The molecule has 28 heavy (non-hydrogen) atoms. The van der Waals surface area contributed by atoms with Crippen molar-refractivity contribution in [3.8, 4) is 11.5 Å². The van der Waals surface area contributed by atoms with E-state index in [2.05, 4.69) is 0 Å². The molecule has 0 radical (unpaired) electrons. The van der Waals surface area contributed by atoms with E-state index in [1.54, 1.807) is 4.90 Å². The third-order valence-electron chi connectivity index (χ3n) is 5.13. The highest BCUT2D eigenvalue weighted by molar-refractivity contribution is 7.91. The van der Waals surface area contributed by atoms with Gasteiger partial charge in [-0.05, 0) is 29.7 Å². The van der Waals surface area contributed by atoms with Gasteiger partial charge in [-0.25, -0.2) is 8.42 Å². The predicted molar refractivity (Wildman–Crippen MR) is 105 cm³/mol. The van der Waals surface area contributed by atoms with E-state index in [0.717, 1.165) is 11.1 Å². The number of rotatable bonds is 5. The van der Waals surface area contributed by atoms with Crippen molar-refractivity contribution in [1.29, 1.82) is 0 Å². The van der Waals surface area contributed by atoms with Crippen LogP contribution in [0.2, 0.25) is 0 Å². The summed E-state index contributed by atoms with van der Waals surface area (Å²) >= 11 is 0. The molecule has 1 amide bonds. The molecule has 0 saturated carbocycles. The zero-order valence-electron chi connectivity index (χ0n) is 15.5. The Morgan fingerprint density at radius 2 is 1.75 bits per heavy atom. The van der Waals surface area contributed by atoms with Crippen molar-refractivity contribution in [2.45, 2.75) is 25.4 Å². The molecule has 2 heterocycles. The fourth-order valence-electron chi connectivity index (χ4n) is 3.70. The number of hydrogen-bond acceptors (Lipinski definition) is 5. The van der Waals surface area contributed by atoms with E-state index in [1.807, 2.05) is 48.5 Å². The molecule has 1 fully saturated rings. The Kier molecular flexibility index (Phi) is 5.26. The van der Waals surface area contributed by atoms with Gasteiger partial charge < -0.3 is 14.4 Å². The number of nitrogens with zero attached hydrogens (tertiary/aromatic N) is 1. The Bertz CT molecular complexity index is 958. The molecule has 2 aliphatic heterocycles. The third-order valence-corrected chi connectivity index (χ3v) is 6.88. The van der Waals surface area contributed by atoms with Gasteiger partial charge in [0.1, 0.15) is 13.2 Å². The van der Waals surface area contributed by atoms with Gasteiger partial charge >= 0.3 is 0 Å². The van der Waals surface area contributed by atoms with Gasteiger partial charge in [-0.3, -0.25) is 4.79 Å². The van der Waals surface area contributed by atoms with Crippen molar-refractivity contribution in [3.05, 3.63) is 59.7 Å². The first-order chi connectivity index (χ1) is 13.5. The first kappa shape index (κ1) is 18.8. The van der Waals surface area contributed by atoms with Gasteiger partial charge in [0.25, 0.3) is 0 Å². The molecule has 4 rings (SSSR count). The molecule has 2 aliphatic rings. The number of fused-ring (bicyclic) bond motifs is 1. The summed E-state index contributed by atoms with van der Waals surface area (Å²) in [4.78, 5) is 14.9. The standard InChI is InChI=1S/C21H23NO5S/c23-21(13-17-6-7-19-20(12-17)27-10-9-26-19)22(14-16-4-2-1-3-5-16)18-8-11-28(24,25)15-18/h1-7,12,18H,8-11,13-15H2. The summed E-state index contributed by atoms with van der Waals surface area (Å²) in [7, 11) is -3.08. The number of benzene rings is 2. The first-order valence-electron chi connectivity index (χ1n) is 9.42. The maximum atomic E-state index is 13.1. The van der Waals surface area contributed by atoms with Crippen molar-refractivity contribution in [3.63, 3.8) is 0 Å². The van der Waals surface area contributed by atoms with Crippen molar-refractivity contribution in [2.24, 2.45) is 0 Å². The fraction of sp³-hybridized carbons (Fsp3) is 0.381. The second-order valence-corrected chi connectivity index (χ2v) is 9.45. The molecule has 0 aromatic heterocycles. The number of carbonyl (C=O) groups is 1. The molecular weight excluding hydrogens is 378 g/mol. The molecule has 1 unspecified atom stereocenters. The quantitative estimate of drug-likeness (QED) is 0.768. The zero-order chi connectivity index (χ0) is 19.6. The van der Waals surface area contributed by atoms with Crippen LogP contribution in [0.4, 0.5) is 0 Å². The second kappa shape index (κ2) is 7.83. The minimum atomic E-state index is -3.08. The highest BCUT2D eigenvalue weighted by Gasteiger charge is 2.34. The molecule has 1 saturated heterocycles. The van der Waals surface area contributed by atoms with Gasteiger partial charge in [0.05, 0.1) is 17.9 Å². The summed E-state index contributed by atoms with van der Waals surface area (Å²) in [5.74, 6) is 1.43. The van der Waals surface area contributed by atoms with Crippen LogP contribution in [0.1, 0.15) is 17.5 Å². The molecule has 6 nitrogen and oxygen atoms in total. The normalized spacial score (nSPS) is 19.9. The molecule has 0 spiro atoms. The highest BCUT2D eigenvalue weighted by Crippen LogP contribution is 2.31. The van der Waals surface area contributed by atoms with E-state index in [-0.39, 0.29) is 29.9 Å². The summed E-state index contributed by atoms with van der Waals surface area (Å²) < 4.78 is 35.1. The smallest absolute Gasteiger partial charge is 0.227 e. The predicted octanol–water partition coefficient (Wildman–Crippen LogP) is 2.22. The Morgan fingerprint density at radius 1 is 1.00 bits per heavy atom. The summed E-state index contributed by atoms with van der Waals surface area (Å²) in [5.41, 5.74) is 1.82. The SMILES string of the molecule is O=C(Cc1ccc2c(c1)OCCO2)N(Cc1ccccc1)C1CCS(=O)(=O)C1. The summed E-state index contributed by atoms with van der Waals surface area (Å²) in [6, 6.07) is 14.9. The number of sulfone groups is 1. The van der Waals surface area contributed by atoms with E-state index in [9.17, 15) is 13.2 Å². The van der Waals surface area contributed by atoms with Gasteiger partial charge in [0.2, 0.25) is 5.91 Å². The maximum Gasteiger partial charge on any atom is 0.227 e. The average molecular weight is 401 g/mol. The van der Waals surface area contributed by atoms with Crippen molar-refractivity contribution in [1.82, 2.24) is 4.90 Å². The van der Waals surface area contributed by atoms with Crippen LogP contribution in [0.3, 0.4) is 0 Å². The van der Waals surface area contributed by atoms with Crippen LogP contribution in [0.15, 0.2) is 48.5 Å². The lowest BCUT2D eigenvalue weighted by Gasteiger charge is -2.29. The Morgan fingerprint density at radius 3 is 2.46 bits per heavy atom. The Balaban J connectivity index is 1.54. The van der Waals surface area contributed by atoms with E-state index in [4.69, 9.17) is 9.47 Å².